The second-order valence-corrected chi connectivity index (χ2v) is 10.4. The first-order chi connectivity index (χ1) is 16.7. The van der Waals surface area contributed by atoms with Crippen molar-refractivity contribution in [3.63, 3.8) is 0 Å². The Morgan fingerprint density at radius 2 is 0.806 bits per heavy atom. The van der Waals surface area contributed by atoms with Gasteiger partial charge in [0.15, 0.2) is 0 Å². The molecule has 3 nitrogen and oxygen atoms in total. The minimum absolute atomic E-state index is 0. The average Bonchev–Trinajstić information content (AvgIpc) is 2.85. The molecule has 0 heterocycles. The van der Waals surface area contributed by atoms with Gasteiger partial charge in [-0.15, -0.1) is 0 Å². The van der Waals surface area contributed by atoms with Gasteiger partial charge in [-0.05, 0) is 61.1 Å². The Labute approximate surface area is 287 Å². The molecule has 0 aliphatic heterocycles. The molecule has 0 aromatic heterocycles. The van der Waals surface area contributed by atoms with Crippen LogP contribution in [-0.4, -0.2) is 0 Å². The van der Waals surface area contributed by atoms with Gasteiger partial charge >= 0.3 is 8.25 Å². The number of aryl methyl sites for hydroxylation is 2. The molecule has 0 bridgehead atoms. The third-order valence-electron chi connectivity index (χ3n) is 6.39. The summed E-state index contributed by atoms with van der Waals surface area (Å²) in [6.45, 7) is 4.51. The van der Waals surface area contributed by atoms with Crippen molar-refractivity contribution in [1.29, 1.82) is 0 Å². The zero-order chi connectivity index (χ0) is 24.3. The Balaban J connectivity index is 0.00000612. The van der Waals surface area contributed by atoms with Crippen molar-refractivity contribution in [2.75, 3.05) is 0 Å². The van der Waals surface area contributed by atoms with E-state index in [4.69, 9.17) is 9.05 Å². The van der Waals surface area contributed by atoms with Gasteiger partial charge in [0.2, 0.25) is 0 Å². The summed E-state index contributed by atoms with van der Waals surface area (Å²) in [5.74, 6) is 1.20. The van der Waals surface area contributed by atoms with Gasteiger partial charge in [0.1, 0.15) is 11.5 Å². The fourth-order valence-corrected chi connectivity index (χ4v) is 4.93. The van der Waals surface area contributed by atoms with E-state index in [1.54, 1.807) is 0 Å². The zero-order valence-electron chi connectivity index (χ0n) is 22.7. The molecule has 36 heavy (non-hydrogen) atoms. The standard InChI is InChI=1S/C30H47O3P.2Nd/c1-3-5-7-9-11-13-15-17-27-19-23-29(24-20-27)32-34(31)33-30-25-21-28(22-26-30)18-16-14-12-10-8-6-4-2;;/h19-26,34H,3-18H2,1-2H3;;. The SMILES string of the molecule is CCCCCCCCCc1ccc(O[PH](=O)Oc2ccc(CCCCCCCCC)cc2)cc1.[Nd].[Nd]. The normalized spacial score (nSPS) is 10.5. The second kappa shape index (κ2) is 25.0. The van der Waals surface area contributed by atoms with E-state index in [1.165, 1.54) is 101 Å². The number of benzene rings is 2. The van der Waals surface area contributed by atoms with E-state index in [-0.39, 0.29) is 81.7 Å². The summed E-state index contributed by atoms with van der Waals surface area (Å²) in [5.41, 5.74) is 2.61. The maximum Gasteiger partial charge on any atom is 0.418 e. The van der Waals surface area contributed by atoms with Gasteiger partial charge < -0.3 is 9.05 Å². The predicted octanol–water partition coefficient (Wildman–Crippen LogP) is 10.1. The molecule has 0 atom stereocenters. The molecule has 0 aliphatic carbocycles. The molecule has 198 valence electrons. The smallest absolute Gasteiger partial charge is 0.418 e. The number of unbranched alkanes of at least 4 members (excludes halogenated alkanes) is 12. The maximum atomic E-state index is 12.3. The maximum absolute atomic E-state index is 12.3. The van der Waals surface area contributed by atoms with Crippen LogP contribution in [0.2, 0.25) is 0 Å². The molecule has 0 radical (unpaired) electrons. The summed E-state index contributed by atoms with van der Waals surface area (Å²) in [6, 6.07) is 15.9. The van der Waals surface area contributed by atoms with E-state index in [9.17, 15) is 4.57 Å². The van der Waals surface area contributed by atoms with E-state index in [0.29, 0.717) is 11.5 Å². The monoisotopic (exact) mass is 770 g/mol. The van der Waals surface area contributed by atoms with E-state index in [1.807, 2.05) is 24.3 Å². The Kier molecular flexibility index (Phi) is 25.6. The molecule has 0 saturated carbocycles. The molecule has 0 aliphatic rings. The van der Waals surface area contributed by atoms with Crippen molar-refractivity contribution in [3.05, 3.63) is 59.7 Å². The Hall–Kier alpha value is 0.971. The van der Waals surface area contributed by atoms with Crippen LogP contribution in [-0.2, 0) is 17.4 Å². The van der Waals surface area contributed by atoms with Crippen LogP contribution < -0.4 is 9.05 Å². The van der Waals surface area contributed by atoms with Gasteiger partial charge in [0.25, 0.3) is 0 Å². The van der Waals surface area contributed by atoms with Gasteiger partial charge in [-0.25, -0.2) is 4.57 Å². The van der Waals surface area contributed by atoms with Crippen LogP contribution in [0, 0.1) is 81.7 Å². The molecule has 0 unspecified atom stereocenters. The summed E-state index contributed by atoms with van der Waals surface area (Å²) < 4.78 is 23.4. The van der Waals surface area contributed by atoms with Crippen LogP contribution in [0.3, 0.4) is 0 Å². The minimum Gasteiger partial charge on any atom is -0.418 e. The van der Waals surface area contributed by atoms with Gasteiger partial charge in [-0.2, -0.15) is 0 Å². The first-order valence-corrected chi connectivity index (χ1v) is 15.0. The van der Waals surface area contributed by atoms with Crippen molar-refractivity contribution in [2.45, 2.75) is 117 Å². The van der Waals surface area contributed by atoms with Gasteiger partial charge in [-0.1, -0.05) is 115 Å². The largest absolute Gasteiger partial charge is 0.418 e. The van der Waals surface area contributed by atoms with Crippen molar-refractivity contribution in [3.8, 4) is 11.5 Å². The van der Waals surface area contributed by atoms with Crippen molar-refractivity contribution >= 4 is 8.25 Å². The molecule has 0 saturated heterocycles. The average molecular weight is 775 g/mol. The van der Waals surface area contributed by atoms with Gasteiger partial charge in [0.05, 0.1) is 0 Å². The Morgan fingerprint density at radius 3 is 1.14 bits per heavy atom. The van der Waals surface area contributed by atoms with Gasteiger partial charge in [-0.3, -0.25) is 0 Å². The van der Waals surface area contributed by atoms with Crippen molar-refractivity contribution in [1.82, 2.24) is 0 Å². The van der Waals surface area contributed by atoms with E-state index < -0.39 is 8.25 Å². The number of hydrogen-bond donors (Lipinski definition) is 0. The van der Waals surface area contributed by atoms with Crippen molar-refractivity contribution in [2.24, 2.45) is 0 Å². The molecule has 0 amide bonds. The first kappa shape index (κ1) is 37.0. The summed E-state index contributed by atoms with van der Waals surface area (Å²) in [5, 5.41) is 0. The molecule has 2 rings (SSSR count). The van der Waals surface area contributed by atoms with Crippen LogP contribution in [0.5, 0.6) is 11.5 Å². The van der Waals surface area contributed by atoms with Crippen LogP contribution in [0.15, 0.2) is 48.5 Å². The van der Waals surface area contributed by atoms with Crippen LogP contribution in [0.1, 0.15) is 115 Å². The quantitative estimate of drug-likeness (QED) is 0.0993. The molecule has 6 heteroatoms. The molecule has 0 N–H and O–H groups in total. The fraction of sp³-hybridized carbons (Fsp3) is 0.600. The second-order valence-electron chi connectivity index (χ2n) is 9.48. The molecule has 0 fully saturated rings. The zero-order valence-corrected chi connectivity index (χ0v) is 30.1. The van der Waals surface area contributed by atoms with Crippen molar-refractivity contribution < 1.29 is 95.3 Å². The molecular formula is C30H47Nd2O3P. The first-order valence-electron chi connectivity index (χ1n) is 13.8. The fourth-order valence-electron chi connectivity index (χ4n) is 4.23. The molecule has 0 spiro atoms. The minimum atomic E-state index is -2.63. The van der Waals surface area contributed by atoms with E-state index in [0.717, 1.165) is 12.8 Å². The summed E-state index contributed by atoms with van der Waals surface area (Å²) >= 11 is 0. The van der Waals surface area contributed by atoms with Crippen LogP contribution >= 0.6 is 8.25 Å². The number of rotatable bonds is 20. The Bertz CT molecular complexity index is 716. The summed E-state index contributed by atoms with van der Waals surface area (Å²) in [7, 11) is -2.63. The molecule has 2 aromatic rings. The predicted molar refractivity (Wildman–Crippen MR) is 147 cm³/mol. The number of hydrogen-bond acceptors (Lipinski definition) is 3. The van der Waals surface area contributed by atoms with E-state index >= 15 is 0 Å². The third kappa shape index (κ3) is 18.3. The topological polar surface area (TPSA) is 35.5 Å². The van der Waals surface area contributed by atoms with Crippen LogP contribution in [0.4, 0.5) is 0 Å². The van der Waals surface area contributed by atoms with Gasteiger partial charge in [0, 0.05) is 81.7 Å². The molecule has 2 aromatic carbocycles. The Morgan fingerprint density at radius 1 is 0.500 bits per heavy atom. The summed E-state index contributed by atoms with van der Waals surface area (Å²) in [6.07, 6.45) is 20.7. The van der Waals surface area contributed by atoms with E-state index in [2.05, 4.69) is 38.1 Å². The third-order valence-corrected chi connectivity index (χ3v) is 7.19. The van der Waals surface area contributed by atoms with Crippen LogP contribution in [0.25, 0.3) is 0 Å². The molecular weight excluding hydrogens is 728 g/mol. The summed E-state index contributed by atoms with van der Waals surface area (Å²) in [4.78, 5) is 0.